The van der Waals surface area contributed by atoms with Gasteiger partial charge >= 0.3 is 83.6 Å². The molecule has 4 aromatic carbocycles. The number of carbonyl (C=O) groups excluding carboxylic acids is 13. The predicted molar refractivity (Wildman–Crippen MR) is 394 cm³/mol. The lowest BCUT2D eigenvalue weighted by Crippen LogP contribution is -2.39. The molecule has 0 aromatic heterocycles. The minimum Gasteiger partial charge on any atom is -0.478 e. The molecule has 0 amide bonds. The molecule has 0 radical (unpaired) electrons. The summed E-state index contributed by atoms with van der Waals surface area (Å²) < 4.78 is 125. The van der Waals surface area contributed by atoms with E-state index in [-0.39, 0.29) is 46.4 Å². The summed E-state index contributed by atoms with van der Waals surface area (Å²) in [6.45, 7) is 19.7. The van der Waals surface area contributed by atoms with Crippen LogP contribution in [0.3, 0.4) is 0 Å². The molecule has 2 fully saturated rings. The average Bonchev–Trinajstić information content (AvgIpc) is 1.72. The first-order valence-corrected chi connectivity index (χ1v) is 38.8. The smallest absolute Gasteiger partial charge is 0.348 e. The third kappa shape index (κ3) is 30.4. The van der Waals surface area contributed by atoms with Gasteiger partial charge in [0.1, 0.15) is 27.4 Å². The van der Waals surface area contributed by atoms with Crippen molar-refractivity contribution in [3.8, 4) is 23.0 Å². The van der Waals surface area contributed by atoms with Crippen molar-refractivity contribution in [2.45, 2.75) is 206 Å². The fourth-order valence-electron chi connectivity index (χ4n) is 9.62. The van der Waals surface area contributed by atoms with Gasteiger partial charge < -0.3 is 91.1 Å². The number of nitrogens with two attached hydrogens (primary N) is 2. The molecule has 0 saturated carbocycles. The van der Waals surface area contributed by atoms with E-state index in [0.717, 1.165) is 93.2 Å². The Morgan fingerprint density at radius 2 is 0.591 bits per heavy atom. The minimum absolute atomic E-state index is 0.0561. The van der Waals surface area contributed by atoms with E-state index in [1.54, 1.807) is 68.4 Å². The summed E-state index contributed by atoms with van der Waals surface area (Å²) in [5, 5.41) is 29.3. The SMILES string of the molecule is CCOC(=O)[C@H](C)OC(=O)[C@H](C)OC(=O)[C@H](C)OC(=O)[C@H](C)OC(=O)[C@H](C)OC(=O)[C@H](C)O.CCOC(=O)[C@H](C)OC(=O)[C@H](C)OC(=O)[C@H](C)OC(=O)[C@H](C)OC(=O)[C@H](C)OC(=O)[C@H](C)OC(=O)c1cc(N2CCCC2)c(Oc2ccccc2)c(S(N)(=O)=O)c1.NS(=O)(=O)c1cc(C(=O)O)cc(N2CCCC2)c1Oc1ccccc1. The van der Waals surface area contributed by atoms with Gasteiger partial charge in [-0.1, -0.05) is 36.4 Å². The van der Waals surface area contributed by atoms with E-state index in [9.17, 15) is 89.1 Å². The van der Waals surface area contributed by atoms with E-state index in [2.05, 4.69) is 9.47 Å². The average molecular weight is 1660 g/mol. The van der Waals surface area contributed by atoms with Gasteiger partial charge in [0.05, 0.1) is 35.7 Å². The first-order chi connectivity index (χ1) is 53.8. The van der Waals surface area contributed by atoms with Crippen LogP contribution in [-0.4, -0.2) is 223 Å². The highest BCUT2D eigenvalue weighted by Crippen LogP contribution is 2.42. The van der Waals surface area contributed by atoms with Gasteiger partial charge in [-0.25, -0.2) is 94.2 Å². The Labute approximate surface area is 661 Å². The summed E-state index contributed by atoms with van der Waals surface area (Å²) in [6, 6.07) is 21.9. The zero-order chi connectivity index (χ0) is 86.5. The highest BCUT2D eigenvalue weighted by atomic mass is 32.2. The molecule has 2 aliphatic rings. The number of esters is 13. The number of carboxylic acid groups (broad SMARTS) is 1. The number of ether oxygens (including phenoxy) is 15. The van der Waals surface area contributed by atoms with Gasteiger partial charge in [-0.15, -0.1) is 0 Å². The van der Waals surface area contributed by atoms with Crippen molar-refractivity contribution >= 4 is 115 Å². The van der Waals surface area contributed by atoms with Crippen LogP contribution >= 0.6 is 0 Å². The fourth-order valence-corrected chi connectivity index (χ4v) is 11.0. The van der Waals surface area contributed by atoms with E-state index >= 15 is 0 Å². The highest BCUT2D eigenvalue weighted by Gasteiger charge is 2.37. The number of sulfonamides is 2. The van der Waals surface area contributed by atoms with Crippen LogP contribution in [0.2, 0.25) is 0 Å². The van der Waals surface area contributed by atoms with E-state index in [1.807, 2.05) is 15.9 Å². The van der Waals surface area contributed by atoms with E-state index in [4.69, 9.17) is 77.0 Å². The number of primary sulfonamides is 2. The topological polar surface area (TPSA) is 545 Å². The first-order valence-electron chi connectivity index (χ1n) is 35.7. The summed E-state index contributed by atoms with van der Waals surface area (Å²) in [6.07, 6.45) is -14.2. The van der Waals surface area contributed by atoms with Crippen LogP contribution in [0.15, 0.2) is 94.7 Å². The lowest BCUT2D eigenvalue weighted by atomic mass is 10.1. The zero-order valence-corrected chi connectivity index (χ0v) is 66.9. The summed E-state index contributed by atoms with van der Waals surface area (Å²) in [5.74, 6) is -14.4. The summed E-state index contributed by atoms with van der Waals surface area (Å²) in [7, 11) is -8.64. The number of carboxylic acids is 1. The molecule has 6 rings (SSSR count). The molecule has 0 bridgehead atoms. The largest absolute Gasteiger partial charge is 0.478 e. The lowest BCUT2D eigenvalue weighted by Gasteiger charge is -2.24. The Morgan fingerprint density at radius 3 is 0.835 bits per heavy atom. The number of aromatic carboxylic acids is 1. The van der Waals surface area contributed by atoms with Gasteiger partial charge in [0.25, 0.3) is 0 Å². The van der Waals surface area contributed by atoms with Crippen LogP contribution in [0.25, 0.3) is 0 Å². The molecule has 115 heavy (non-hydrogen) atoms. The number of benzene rings is 4. The van der Waals surface area contributed by atoms with Crippen molar-refractivity contribution < 1.29 is 165 Å². The van der Waals surface area contributed by atoms with E-state index in [1.165, 1.54) is 39.8 Å². The number of hydrogen-bond acceptors (Lipinski definition) is 36. The minimum atomic E-state index is -4.46. The number of rotatable bonds is 35. The monoisotopic (exact) mass is 1660 g/mol. The molecular formula is C74H94N4O35S2. The van der Waals surface area contributed by atoms with Gasteiger partial charge in [-0.3, -0.25) is 0 Å². The maximum absolute atomic E-state index is 13.3. The van der Waals surface area contributed by atoms with Crippen molar-refractivity contribution in [1.82, 2.24) is 0 Å². The molecular weight excluding hydrogens is 1570 g/mol. The normalized spacial score (nSPS) is 15.5. The first kappa shape index (κ1) is 95.8. The maximum atomic E-state index is 13.3. The quantitative estimate of drug-likeness (QED) is 0.0363. The number of aliphatic hydroxyl groups excluding tert-OH is 1. The standard InChI is InChI=1S/C37H46N2O17S.C20H30O13.C17H18N2O5S/c1-8-49-31(40)20(2)50-32(41)21(3)51-33(42)22(4)52-34(43)23(5)53-35(44)24(6)54-36(45)25(7)55-37(46)26-18-28(39-16-12-13-17-39)30(29(19-26)57(38,47)48)56-27-14-10-9-11-15-27;1-8-28-16(23)10(3)30-18(25)12(5)32-20(27)14(7)33-19(26)13(6)31-17(24)11(4)29-15(22)9(2)21;18-25(22,23)15-11-12(17(20)21)10-14(19-8-4-5-9-19)16(15)24-13-6-2-1-3-7-13/h9-11,14-15,18-25H,8,12-13,16-17H2,1-7H3,(H2,38,47,48);9-14,21H,8H2,1-7H3;1-3,6-7,10-11H,4-5,8-9H2,(H,20,21)(H2,18,22,23)/t20-,21-,22-,23-,24-,25-;9-,10-,11-,12-,13-,14-;/m00./s1. The number of hydrogen-bond donors (Lipinski definition) is 4. The van der Waals surface area contributed by atoms with Crippen molar-refractivity contribution in [2.24, 2.45) is 10.3 Å². The zero-order valence-electron chi connectivity index (χ0n) is 65.3. The van der Waals surface area contributed by atoms with Gasteiger partial charge in [0, 0.05) is 26.2 Å². The molecule has 2 saturated heterocycles. The Balaban J connectivity index is 0.000000403. The Morgan fingerprint density at radius 1 is 0.357 bits per heavy atom. The Bertz CT molecular complexity index is 4360. The van der Waals surface area contributed by atoms with Crippen LogP contribution in [0, 0.1) is 0 Å². The maximum Gasteiger partial charge on any atom is 0.348 e. The molecule has 41 heteroatoms. The second-order valence-electron chi connectivity index (χ2n) is 25.3. The van der Waals surface area contributed by atoms with Crippen LogP contribution in [0.5, 0.6) is 23.0 Å². The van der Waals surface area contributed by atoms with Crippen LogP contribution in [-0.2, 0) is 139 Å². The number of anilines is 2. The molecule has 12 atom stereocenters. The number of nitrogens with zero attached hydrogens (tertiary/aromatic N) is 2. The second-order valence-corrected chi connectivity index (χ2v) is 28.3. The number of aliphatic hydroxyl groups is 1. The molecule has 0 aliphatic carbocycles. The molecule has 4 aromatic rings. The molecule has 6 N–H and O–H groups in total. The van der Waals surface area contributed by atoms with Gasteiger partial charge in [0.2, 0.25) is 20.0 Å². The molecule has 0 unspecified atom stereocenters. The molecule has 632 valence electrons. The van der Waals surface area contributed by atoms with Gasteiger partial charge in [-0.05, 0) is 171 Å². The van der Waals surface area contributed by atoms with Crippen molar-refractivity contribution in [1.29, 1.82) is 0 Å². The van der Waals surface area contributed by atoms with E-state index < -0.39 is 182 Å². The van der Waals surface area contributed by atoms with Crippen LogP contribution in [0.1, 0.15) is 143 Å². The predicted octanol–water partition coefficient (Wildman–Crippen LogP) is 4.51. The molecule has 0 spiro atoms. The van der Waals surface area contributed by atoms with Crippen molar-refractivity contribution in [3.05, 3.63) is 96.1 Å². The van der Waals surface area contributed by atoms with Crippen LogP contribution < -0.4 is 29.6 Å². The highest BCUT2D eigenvalue weighted by molar-refractivity contribution is 7.89. The fraction of sp³-hybridized carbons (Fsp3) is 0.486. The lowest BCUT2D eigenvalue weighted by molar-refractivity contribution is -0.187. The summed E-state index contributed by atoms with van der Waals surface area (Å²) in [5.41, 5.74) is 0.269. The van der Waals surface area contributed by atoms with Crippen molar-refractivity contribution in [2.75, 3.05) is 49.2 Å². The summed E-state index contributed by atoms with van der Waals surface area (Å²) >= 11 is 0. The molecule has 39 nitrogen and oxygen atoms in total. The number of carbonyl (C=O) groups is 14. The summed E-state index contributed by atoms with van der Waals surface area (Å²) in [4.78, 5) is 173. The molecule has 2 aliphatic heterocycles. The van der Waals surface area contributed by atoms with Gasteiger partial charge in [-0.2, -0.15) is 0 Å². The van der Waals surface area contributed by atoms with Crippen molar-refractivity contribution in [3.63, 3.8) is 0 Å². The number of para-hydroxylation sites is 2. The second kappa shape index (κ2) is 44.8. The Kier molecular flexibility index (Phi) is 37.3. The third-order valence-corrected chi connectivity index (χ3v) is 17.6. The molecule has 2 heterocycles. The van der Waals surface area contributed by atoms with E-state index in [0.29, 0.717) is 43.4 Å². The third-order valence-electron chi connectivity index (χ3n) is 15.8. The van der Waals surface area contributed by atoms with Gasteiger partial charge in [0.15, 0.2) is 78.6 Å². The Hall–Kier alpha value is -11.6. The van der Waals surface area contributed by atoms with Crippen LogP contribution in [0.4, 0.5) is 11.4 Å².